The molecule has 1 aliphatic rings. The number of nitrogens with zero attached hydrogens (tertiary/aromatic N) is 4. The average molecular weight is 393 g/mol. The SMILES string of the molecule is O=C1COc2c(OCc3cccnc3)nc(NCCO)nc2N1c1ccccc1. The van der Waals surface area contributed by atoms with Crippen LogP contribution in [0.4, 0.5) is 17.5 Å². The highest BCUT2D eigenvalue weighted by molar-refractivity contribution is 6.03. The highest BCUT2D eigenvalue weighted by Crippen LogP contribution is 2.42. The second-order valence-electron chi connectivity index (χ2n) is 6.16. The summed E-state index contributed by atoms with van der Waals surface area (Å²) in [6.45, 7) is 0.225. The van der Waals surface area contributed by atoms with Crippen molar-refractivity contribution >= 4 is 23.4 Å². The van der Waals surface area contributed by atoms with Gasteiger partial charge in [0.15, 0.2) is 12.4 Å². The van der Waals surface area contributed by atoms with E-state index >= 15 is 0 Å². The lowest BCUT2D eigenvalue weighted by Crippen LogP contribution is -2.36. The number of aliphatic hydroxyl groups is 1. The molecule has 29 heavy (non-hydrogen) atoms. The molecule has 1 aromatic carbocycles. The van der Waals surface area contributed by atoms with Gasteiger partial charge >= 0.3 is 0 Å². The van der Waals surface area contributed by atoms with Crippen molar-refractivity contribution in [1.82, 2.24) is 15.0 Å². The molecule has 0 spiro atoms. The number of ether oxygens (including phenoxy) is 2. The second kappa shape index (κ2) is 8.53. The Morgan fingerprint density at radius 1 is 1.17 bits per heavy atom. The van der Waals surface area contributed by atoms with Crippen LogP contribution in [0.25, 0.3) is 0 Å². The maximum atomic E-state index is 12.6. The molecule has 9 nitrogen and oxygen atoms in total. The minimum atomic E-state index is -0.256. The van der Waals surface area contributed by atoms with Crippen LogP contribution < -0.4 is 19.7 Å². The van der Waals surface area contributed by atoms with Gasteiger partial charge in [-0.25, -0.2) is 0 Å². The van der Waals surface area contributed by atoms with E-state index < -0.39 is 0 Å². The zero-order valence-corrected chi connectivity index (χ0v) is 15.5. The first-order valence-electron chi connectivity index (χ1n) is 9.05. The molecular weight excluding hydrogens is 374 g/mol. The lowest BCUT2D eigenvalue weighted by molar-refractivity contribution is -0.120. The molecule has 0 saturated carbocycles. The van der Waals surface area contributed by atoms with Crippen molar-refractivity contribution in [3.63, 3.8) is 0 Å². The Balaban J connectivity index is 1.73. The van der Waals surface area contributed by atoms with Crippen LogP contribution >= 0.6 is 0 Å². The monoisotopic (exact) mass is 393 g/mol. The molecular formula is C20H19N5O4. The van der Waals surface area contributed by atoms with Gasteiger partial charge in [-0.1, -0.05) is 24.3 Å². The summed E-state index contributed by atoms with van der Waals surface area (Å²) in [4.78, 5) is 26.9. The molecule has 0 unspecified atom stereocenters. The van der Waals surface area contributed by atoms with E-state index in [1.54, 1.807) is 12.4 Å². The topological polar surface area (TPSA) is 110 Å². The molecule has 9 heteroatoms. The quantitative estimate of drug-likeness (QED) is 0.626. The summed E-state index contributed by atoms with van der Waals surface area (Å²) in [5.41, 5.74) is 1.52. The second-order valence-corrected chi connectivity index (χ2v) is 6.16. The number of para-hydroxylation sites is 1. The molecule has 2 aromatic heterocycles. The third kappa shape index (κ3) is 4.09. The number of aliphatic hydroxyl groups excluding tert-OH is 1. The maximum Gasteiger partial charge on any atom is 0.270 e. The molecule has 0 bridgehead atoms. The lowest BCUT2D eigenvalue weighted by Gasteiger charge is -2.29. The fraction of sp³-hybridized carbons (Fsp3) is 0.200. The van der Waals surface area contributed by atoms with Crippen molar-refractivity contribution in [3.8, 4) is 11.6 Å². The van der Waals surface area contributed by atoms with Crippen LogP contribution in [-0.2, 0) is 11.4 Å². The molecule has 2 N–H and O–H groups in total. The zero-order chi connectivity index (χ0) is 20.1. The number of nitrogens with one attached hydrogen (secondary N) is 1. The minimum absolute atomic E-state index is 0.0931. The van der Waals surface area contributed by atoms with Crippen molar-refractivity contribution in [2.75, 3.05) is 30.0 Å². The van der Waals surface area contributed by atoms with Gasteiger partial charge in [-0.2, -0.15) is 9.97 Å². The Bertz CT molecular complexity index is 985. The van der Waals surface area contributed by atoms with Gasteiger partial charge in [0.25, 0.3) is 11.8 Å². The molecule has 3 aromatic rings. The van der Waals surface area contributed by atoms with Crippen LogP contribution in [-0.4, -0.2) is 45.7 Å². The van der Waals surface area contributed by atoms with Crippen LogP contribution in [0.5, 0.6) is 11.6 Å². The van der Waals surface area contributed by atoms with Crippen LogP contribution in [0.2, 0.25) is 0 Å². The van der Waals surface area contributed by atoms with Crippen molar-refractivity contribution in [2.45, 2.75) is 6.61 Å². The Labute approximate surface area is 167 Å². The molecule has 1 aliphatic heterocycles. The van der Waals surface area contributed by atoms with E-state index in [9.17, 15) is 4.79 Å². The molecule has 0 atom stereocenters. The largest absolute Gasteiger partial charge is 0.475 e. The number of rotatable bonds is 7. The number of benzene rings is 1. The smallest absolute Gasteiger partial charge is 0.270 e. The number of pyridine rings is 1. The first kappa shape index (κ1) is 18.6. The summed E-state index contributed by atoms with van der Waals surface area (Å²) >= 11 is 0. The van der Waals surface area contributed by atoms with Gasteiger partial charge in [0, 0.05) is 24.5 Å². The third-order valence-corrected chi connectivity index (χ3v) is 4.13. The number of amides is 1. The Hall–Kier alpha value is -3.72. The zero-order valence-electron chi connectivity index (χ0n) is 15.5. The number of hydrogen-bond donors (Lipinski definition) is 2. The molecule has 0 aliphatic carbocycles. The summed E-state index contributed by atoms with van der Waals surface area (Å²) in [5, 5.41) is 12.0. The predicted octanol–water partition coefficient (Wildman–Crippen LogP) is 1.91. The van der Waals surface area contributed by atoms with E-state index in [1.165, 1.54) is 4.90 Å². The van der Waals surface area contributed by atoms with E-state index in [4.69, 9.17) is 14.6 Å². The summed E-state index contributed by atoms with van der Waals surface area (Å²) in [6.07, 6.45) is 3.37. The van der Waals surface area contributed by atoms with Gasteiger partial charge < -0.3 is 19.9 Å². The summed E-state index contributed by atoms with van der Waals surface area (Å²) in [5.74, 6) is 0.732. The number of fused-ring (bicyclic) bond motifs is 1. The Kier molecular flexibility index (Phi) is 5.48. The third-order valence-electron chi connectivity index (χ3n) is 4.13. The van der Waals surface area contributed by atoms with Crippen LogP contribution in [0, 0.1) is 0 Å². The van der Waals surface area contributed by atoms with Crippen molar-refractivity contribution in [1.29, 1.82) is 0 Å². The highest BCUT2D eigenvalue weighted by atomic mass is 16.5. The number of carbonyl (C=O) groups excluding carboxylic acids is 1. The molecule has 0 radical (unpaired) electrons. The van der Waals surface area contributed by atoms with E-state index in [-0.39, 0.29) is 55.7 Å². The standard InChI is InChI=1S/C20H19N5O4/c26-10-9-22-20-23-18-17(19(24-20)29-12-14-5-4-8-21-11-14)28-13-16(27)25(18)15-6-2-1-3-7-15/h1-8,11,26H,9-10,12-13H2,(H,22,23,24). The lowest BCUT2D eigenvalue weighted by atomic mass is 10.2. The van der Waals surface area contributed by atoms with E-state index in [1.807, 2.05) is 42.5 Å². The van der Waals surface area contributed by atoms with Crippen molar-refractivity contribution in [3.05, 3.63) is 60.4 Å². The first-order chi connectivity index (χ1) is 14.3. The minimum Gasteiger partial charge on any atom is -0.475 e. The average Bonchev–Trinajstić information content (AvgIpc) is 2.77. The molecule has 3 heterocycles. The number of hydrogen-bond acceptors (Lipinski definition) is 8. The summed E-state index contributed by atoms with van der Waals surface area (Å²) in [7, 11) is 0. The van der Waals surface area contributed by atoms with E-state index in [0.717, 1.165) is 5.56 Å². The first-order valence-corrected chi connectivity index (χ1v) is 9.05. The van der Waals surface area contributed by atoms with E-state index in [2.05, 4.69) is 20.3 Å². The van der Waals surface area contributed by atoms with Crippen LogP contribution in [0.3, 0.4) is 0 Å². The van der Waals surface area contributed by atoms with E-state index in [0.29, 0.717) is 5.69 Å². The van der Waals surface area contributed by atoms with Crippen LogP contribution in [0.15, 0.2) is 54.9 Å². The van der Waals surface area contributed by atoms with Crippen molar-refractivity contribution in [2.24, 2.45) is 0 Å². The van der Waals surface area contributed by atoms with Gasteiger partial charge in [-0.15, -0.1) is 0 Å². The molecule has 4 rings (SSSR count). The number of anilines is 3. The van der Waals surface area contributed by atoms with Gasteiger partial charge in [0.2, 0.25) is 11.7 Å². The van der Waals surface area contributed by atoms with Gasteiger partial charge in [-0.05, 0) is 18.2 Å². The summed E-state index contributed by atoms with van der Waals surface area (Å²) < 4.78 is 11.5. The maximum absolute atomic E-state index is 12.6. The molecule has 0 fully saturated rings. The normalized spacial score (nSPS) is 12.9. The number of carbonyl (C=O) groups is 1. The predicted molar refractivity (Wildman–Crippen MR) is 105 cm³/mol. The molecule has 1 amide bonds. The van der Waals surface area contributed by atoms with Gasteiger partial charge in [0.05, 0.1) is 12.3 Å². The molecule has 0 saturated heterocycles. The van der Waals surface area contributed by atoms with Gasteiger partial charge in [-0.3, -0.25) is 14.7 Å². The van der Waals surface area contributed by atoms with Crippen molar-refractivity contribution < 1.29 is 19.4 Å². The van der Waals surface area contributed by atoms with Gasteiger partial charge in [0.1, 0.15) is 6.61 Å². The molecule has 148 valence electrons. The Morgan fingerprint density at radius 2 is 2.03 bits per heavy atom. The van der Waals surface area contributed by atoms with Crippen LogP contribution in [0.1, 0.15) is 5.56 Å². The number of aromatic nitrogens is 3. The highest BCUT2D eigenvalue weighted by Gasteiger charge is 2.32. The fourth-order valence-electron chi connectivity index (χ4n) is 2.84. The summed E-state index contributed by atoms with van der Waals surface area (Å²) in [6, 6.07) is 12.9. The Morgan fingerprint density at radius 3 is 2.79 bits per heavy atom. The fourth-order valence-corrected chi connectivity index (χ4v) is 2.84.